The van der Waals surface area contributed by atoms with Crippen LogP contribution in [-0.2, 0) is 4.79 Å². The van der Waals surface area contributed by atoms with E-state index in [2.05, 4.69) is 34.1 Å². The molecule has 2 rings (SSSR count). The molecule has 1 aromatic rings. The molecule has 1 unspecified atom stereocenters. The number of hydrogen-bond acceptors (Lipinski definition) is 5. The number of aliphatic carboxylic acids is 1. The van der Waals surface area contributed by atoms with Crippen molar-refractivity contribution in [2.45, 2.75) is 39.3 Å². The monoisotopic (exact) mass is 541 g/mol. The number of halogens is 3. The summed E-state index contributed by atoms with van der Waals surface area (Å²) in [7, 11) is 0. The molecule has 1 aliphatic heterocycles. The Hall–Kier alpha value is -4.34. The first kappa shape index (κ1) is 30.9. The Morgan fingerprint density at radius 1 is 1.28 bits per heavy atom. The Morgan fingerprint density at radius 3 is 2.54 bits per heavy atom. The van der Waals surface area contributed by atoms with E-state index >= 15 is 0 Å². The number of nitrogens with two attached hydrogens (primary N) is 1. The number of carbonyl (C=O) groups is 1. The SMILES string of the molecule is C=C1C=C(NCC(CC)c2ccccc2)N=C(/C(=C\C(=C/C)C(F)(F)F)CN=C(N)/C(=C\C=C/C)C(=O)O)N1. The van der Waals surface area contributed by atoms with Crippen LogP contribution in [-0.4, -0.2) is 42.0 Å². The maximum Gasteiger partial charge on any atom is 0.416 e. The predicted molar refractivity (Wildman–Crippen MR) is 150 cm³/mol. The summed E-state index contributed by atoms with van der Waals surface area (Å²) in [5.74, 6) is -0.958. The van der Waals surface area contributed by atoms with Crippen molar-refractivity contribution < 1.29 is 23.1 Å². The van der Waals surface area contributed by atoms with Gasteiger partial charge in [-0.15, -0.1) is 0 Å². The lowest BCUT2D eigenvalue weighted by Gasteiger charge is -2.22. The van der Waals surface area contributed by atoms with E-state index in [-0.39, 0.29) is 35.3 Å². The summed E-state index contributed by atoms with van der Waals surface area (Å²) < 4.78 is 40.8. The van der Waals surface area contributed by atoms with Crippen LogP contribution >= 0.6 is 0 Å². The molecule has 0 spiro atoms. The van der Waals surface area contributed by atoms with E-state index < -0.39 is 17.7 Å². The number of aliphatic imine (C=N–C) groups is 2. The lowest BCUT2D eigenvalue weighted by molar-refractivity contribution is -0.132. The first-order valence-corrected chi connectivity index (χ1v) is 12.4. The molecule has 39 heavy (non-hydrogen) atoms. The normalized spacial score (nSPS) is 16.5. The van der Waals surface area contributed by atoms with Crippen molar-refractivity contribution in [2.24, 2.45) is 15.7 Å². The van der Waals surface area contributed by atoms with Gasteiger partial charge in [0.05, 0.1) is 12.1 Å². The van der Waals surface area contributed by atoms with E-state index in [4.69, 9.17) is 5.73 Å². The number of carboxylic acid groups (broad SMARTS) is 1. The van der Waals surface area contributed by atoms with Gasteiger partial charge in [-0.1, -0.05) is 62.1 Å². The van der Waals surface area contributed by atoms with Gasteiger partial charge in [0.15, 0.2) is 0 Å². The minimum absolute atomic E-state index is 0.0443. The van der Waals surface area contributed by atoms with E-state index in [1.165, 1.54) is 19.1 Å². The van der Waals surface area contributed by atoms with E-state index in [0.29, 0.717) is 18.1 Å². The van der Waals surface area contributed by atoms with Gasteiger partial charge in [-0.05, 0) is 38.0 Å². The van der Waals surface area contributed by atoms with Crippen LogP contribution in [0.2, 0.25) is 0 Å². The highest BCUT2D eigenvalue weighted by Crippen LogP contribution is 2.28. The minimum Gasteiger partial charge on any atom is -0.478 e. The molecule has 0 aromatic heterocycles. The third-order valence-electron chi connectivity index (χ3n) is 5.77. The fourth-order valence-corrected chi connectivity index (χ4v) is 3.65. The average molecular weight is 542 g/mol. The highest BCUT2D eigenvalue weighted by molar-refractivity contribution is 6.18. The van der Waals surface area contributed by atoms with Gasteiger partial charge in [-0.25, -0.2) is 9.79 Å². The average Bonchev–Trinajstić information content (AvgIpc) is 2.88. The molecule has 1 heterocycles. The number of carboxylic acids is 1. The van der Waals surface area contributed by atoms with E-state index in [0.717, 1.165) is 24.1 Å². The molecule has 5 N–H and O–H groups in total. The molecule has 1 atom stereocenters. The van der Waals surface area contributed by atoms with Gasteiger partial charge >= 0.3 is 12.1 Å². The third-order valence-corrected chi connectivity index (χ3v) is 5.77. The molecule has 7 nitrogen and oxygen atoms in total. The Balaban J connectivity index is 2.43. The molecule has 0 saturated heterocycles. The van der Waals surface area contributed by atoms with Crippen LogP contribution < -0.4 is 16.4 Å². The second kappa shape index (κ2) is 14.6. The molecule has 10 heteroatoms. The number of alkyl halides is 3. The Bertz CT molecular complexity index is 1250. The number of benzene rings is 1. The maximum absolute atomic E-state index is 13.6. The largest absolute Gasteiger partial charge is 0.478 e. The first-order chi connectivity index (χ1) is 18.5. The lowest BCUT2D eigenvalue weighted by Crippen LogP contribution is -2.32. The maximum atomic E-state index is 13.6. The summed E-state index contributed by atoms with van der Waals surface area (Å²) >= 11 is 0. The van der Waals surface area contributed by atoms with E-state index in [9.17, 15) is 23.1 Å². The molecule has 0 radical (unpaired) electrons. The van der Waals surface area contributed by atoms with Gasteiger partial charge in [0.25, 0.3) is 0 Å². The van der Waals surface area contributed by atoms with Crippen LogP contribution in [0.5, 0.6) is 0 Å². The molecule has 0 bridgehead atoms. The summed E-state index contributed by atoms with van der Waals surface area (Å²) in [5.41, 5.74) is 6.30. The van der Waals surface area contributed by atoms with Gasteiger partial charge < -0.3 is 21.5 Å². The third kappa shape index (κ3) is 9.48. The number of rotatable bonds is 12. The van der Waals surface area contributed by atoms with Crippen molar-refractivity contribution in [3.8, 4) is 0 Å². The molecular formula is C29H34F3N5O2. The van der Waals surface area contributed by atoms with Crippen molar-refractivity contribution in [3.63, 3.8) is 0 Å². The topological polar surface area (TPSA) is 112 Å². The van der Waals surface area contributed by atoms with E-state index in [1.807, 2.05) is 30.3 Å². The van der Waals surface area contributed by atoms with Gasteiger partial charge in [0.2, 0.25) is 0 Å². The fraction of sp³-hybridized carbons (Fsp3) is 0.276. The summed E-state index contributed by atoms with van der Waals surface area (Å²) in [6.45, 7) is 9.11. The van der Waals surface area contributed by atoms with Crippen molar-refractivity contribution in [3.05, 3.63) is 107 Å². The van der Waals surface area contributed by atoms with Crippen LogP contribution in [0.15, 0.2) is 112 Å². The van der Waals surface area contributed by atoms with E-state index in [1.54, 1.807) is 19.1 Å². The smallest absolute Gasteiger partial charge is 0.416 e. The molecule has 0 aliphatic carbocycles. The van der Waals surface area contributed by atoms with Crippen LogP contribution in [0.4, 0.5) is 13.2 Å². The van der Waals surface area contributed by atoms with Gasteiger partial charge in [0.1, 0.15) is 23.1 Å². The second-order valence-electron chi connectivity index (χ2n) is 8.56. The molecule has 0 saturated carbocycles. The standard InChI is InChI=1S/C29H34F3N5O2/c1-5-8-14-24(28(38)39)26(33)35-18-22(16-23(7-3)29(30,31)32)27-36-19(4)15-25(37-27)34-17-20(6-2)21-12-10-9-11-13-21/h5,7-16,20,34H,4,6,17-18H2,1-3H3,(H2,33,35)(H,36,37)(H,38,39)/b8-5-,22-16-,23-7+,24-14+. The van der Waals surface area contributed by atoms with Crippen molar-refractivity contribution in [2.75, 3.05) is 13.1 Å². The van der Waals surface area contributed by atoms with Gasteiger partial charge in [-0.2, -0.15) is 13.2 Å². The number of amidine groups is 2. The Morgan fingerprint density at radius 2 is 1.97 bits per heavy atom. The summed E-state index contributed by atoms with van der Waals surface area (Å²) in [6, 6.07) is 9.95. The highest BCUT2D eigenvalue weighted by atomic mass is 19.4. The lowest BCUT2D eigenvalue weighted by atomic mass is 9.96. The fourth-order valence-electron chi connectivity index (χ4n) is 3.65. The number of nitrogens with one attached hydrogen (secondary N) is 2. The second-order valence-corrected chi connectivity index (χ2v) is 8.56. The minimum atomic E-state index is -4.62. The number of nitrogens with zero attached hydrogens (tertiary/aromatic N) is 2. The summed E-state index contributed by atoms with van der Waals surface area (Å²) in [4.78, 5) is 20.2. The summed E-state index contributed by atoms with van der Waals surface area (Å²) in [5, 5.41) is 15.6. The zero-order valence-electron chi connectivity index (χ0n) is 22.2. The zero-order valence-corrected chi connectivity index (χ0v) is 22.2. The number of hydrogen-bond donors (Lipinski definition) is 4. The molecular weight excluding hydrogens is 507 g/mol. The molecule has 1 aliphatic rings. The van der Waals surface area contributed by atoms with Crippen molar-refractivity contribution >= 4 is 17.6 Å². The van der Waals surface area contributed by atoms with Gasteiger partial charge in [-0.3, -0.25) is 4.99 Å². The van der Waals surface area contributed by atoms with Crippen LogP contribution in [0.3, 0.4) is 0 Å². The number of allylic oxidation sites excluding steroid dienone is 7. The Kier molecular flexibility index (Phi) is 11.5. The van der Waals surface area contributed by atoms with Crippen LogP contribution in [0, 0.1) is 0 Å². The van der Waals surface area contributed by atoms with Crippen LogP contribution in [0.1, 0.15) is 38.7 Å². The molecule has 208 valence electrons. The van der Waals surface area contributed by atoms with Crippen molar-refractivity contribution in [1.82, 2.24) is 10.6 Å². The summed E-state index contributed by atoms with van der Waals surface area (Å²) in [6.07, 6.45) is 4.08. The van der Waals surface area contributed by atoms with Gasteiger partial charge in [0, 0.05) is 29.8 Å². The zero-order chi connectivity index (χ0) is 29.0. The van der Waals surface area contributed by atoms with Crippen LogP contribution in [0.25, 0.3) is 0 Å². The molecule has 0 fully saturated rings. The first-order valence-electron chi connectivity index (χ1n) is 12.4. The molecule has 1 aromatic carbocycles. The van der Waals surface area contributed by atoms with Crippen molar-refractivity contribution in [1.29, 1.82) is 0 Å². The predicted octanol–water partition coefficient (Wildman–Crippen LogP) is 5.51. The molecule has 0 amide bonds. The highest BCUT2D eigenvalue weighted by Gasteiger charge is 2.32. The Labute approximate surface area is 226 Å². The quantitative estimate of drug-likeness (QED) is 0.121.